The first-order valence-electron chi connectivity index (χ1n) is 10.3. The molecular weight excluding hydrogens is 435 g/mol. The normalized spacial score (nSPS) is 10.6. The number of carbonyl (C=O) groups excluding carboxylic acids is 2. The van der Waals surface area contributed by atoms with Crippen molar-refractivity contribution in [2.45, 2.75) is 13.8 Å². The van der Waals surface area contributed by atoms with Gasteiger partial charge in [0.2, 0.25) is 0 Å². The van der Waals surface area contributed by atoms with Crippen LogP contribution in [0.4, 0.5) is 4.39 Å². The molecular formula is C28H23FO5. The van der Waals surface area contributed by atoms with Gasteiger partial charge in [0.05, 0.1) is 0 Å². The summed E-state index contributed by atoms with van der Waals surface area (Å²) in [6.07, 6.45) is 2.22. The van der Waals surface area contributed by atoms with Gasteiger partial charge in [0.15, 0.2) is 0 Å². The Morgan fingerprint density at radius 1 is 0.735 bits per heavy atom. The van der Waals surface area contributed by atoms with E-state index in [1.807, 2.05) is 36.4 Å². The maximum atomic E-state index is 14.7. The standard InChI is InChI=1S/C28H23FO5/c1-18(2)27(30)33-16-15-32-24-13-14-25(26(29)17-24)22-7-5-20(6-8-22)21-9-11-23(12-10-21)34-28(31)19(3)4/h5-17H,1,3H2,2,4H3/b16-15-. The van der Waals surface area contributed by atoms with E-state index in [2.05, 4.69) is 13.2 Å². The molecule has 0 atom stereocenters. The smallest absolute Gasteiger partial charge is 0.338 e. The molecule has 172 valence electrons. The van der Waals surface area contributed by atoms with Gasteiger partial charge in [0, 0.05) is 22.8 Å². The third-order valence-electron chi connectivity index (χ3n) is 4.67. The molecule has 0 amide bonds. The highest BCUT2D eigenvalue weighted by Crippen LogP contribution is 2.29. The number of ether oxygens (including phenoxy) is 3. The van der Waals surface area contributed by atoms with E-state index in [4.69, 9.17) is 14.2 Å². The summed E-state index contributed by atoms with van der Waals surface area (Å²) in [5, 5.41) is 0. The topological polar surface area (TPSA) is 61.8 Å². The van der Waals surface area contributed by atoms with E-state index < -0.39 is 17.8 Å². The molecule has 3 aromatic carbocycles. The first kappa shape index (κ1) is 24.2. The molecule has 0 aromatic heterocycles. The van der Waals surface area contributed by atoms with Crippen molar-refractivity contribution >= 4 is 11.9 Å². The second-order valence-corrected chi connectivity index (χ2v) is 7.49. The van der Waals surface area contributed by atoms with Crippen LogP contribution in [-0.2, 0) is 14.3 Å². The summed E-state index contributed by atoms with van der Waals surface area (Å²) >= 11 is 0. The third kappa shape index (κ3) is 6.29. The van der Waals surface area contributed by atoms with E-state index in [0.29, 0.717) is 22.4 Å². The van der Waals surface area contributed by atoms with Crippen LogP contribution in [0.3, 0.4) is 0 Å². The van der Waals surface area contributed by atoms with Gasteiger partial charge in [-0.25, -0.2) is 14.0 Å². The number of rotatable bonds is 8. The van der Waals surface area contributed by atoms with Crippen LogP contribution in [0.2, 0.25) is 0 Å². The Balaban J connectivity index is 1.67. The number of carbonyl (C=O) groups is 2. The number of hydrogen-bond donors (Lipinski definition) is 0. The van der Waals surface area contributed by atoms with Crippen LogP contribution in [0.5, 0.6) is 11.5 Å². The lowest BCUT2D eigenvalue weighted by molar-refractivity contribution is -0.133. The molecule has 0 saturated carbocycles. The summed E-state index contributed by atoms with van der Waals surface area (Å²) in [6, 6.07) is 19.0. The number of esters is 2. The van der Waals surface area contributed by atoms with E-state index in [-0.39, 0.29) is 11.3 Å². The lowest BCUT2D eigenvalue weighted by atomic mass is 10.00. The SMILES string of the molecule is C=C(C)C(=O)O/C=C\Oc1ccc(-c2ccc(-c3ccc(OC(=O)C(=C)C)cc3)cc2)c(F)c1. The Bertz CT molecular complexity index is 1250. The first-order chi connectivity index (χ1) is 16.2. The van der Waals surface area contributed by atoms with Crippen LogP contribution in [0, 0.1) is 5.82 Å². The van der Waals surface area contributed by atoms with Crippen molar-refractivity contribution in [2.24, 2.45) is 0 Å². The fourth-order valence-corrected chi connectivity index (χ4v) is 2.85. The molecule has 0 unspecified atom stereocenters. The van der Waals surface area contributed by atoms with Crippen LogP contribution in [0.25, 0.3) is 22.3 Å². The summed E-state index contributed by atoms with van der Waals surface area (Å²) in [7, 11) is 0. The van der Waals surface area contributed by atoms with Crippen LogP contribution >= 0.6 is 0 Å². The molecule has 3 rings (SSSR count). The highest BCUT2D eigenvalue weighted by atomic mass is 19.1. The van der Waals surface area contributed by atoms with Gasteiger partial charge in [-0.3, -0.25) is 0 Å². The predicted octanol–water partition coefficient (Wildman–Crippen LogP) is 6.61. The average Bonchev–Trinajstić information content (AvgIpc) is 2.82. The number of benzene rings is 3. The van der Waals surface area contributed by atoms with Crippen LogP contribution in [0.1, 0.15) is 13.8 Å². The van der Waals surface area contributed by atoms with E-state index in [0.717, 1.165) is 23.7 Å². The van der Waals surface area contributed by atoms with E-state index in [9.17, 15) is 14.0 Å². The predicted molar refractivity (Wildman–Crippen MR) is 128 cm³/mol. The molecule has 5 nitrogen and oxygen atoms in total. The molecule has 3 aromatic rings. The summed E-state index contributed by atoms with van der Waals surface area (Å²) < 4.78 is 29.9. The van der Waals surface area contributed by atoms with Crippen molar-refractivity contribution in [3.05, 3.63) is 109 Å². The fraction of sp³-hybridized carbons (Fsp3) is 0.0714. The Morgan fingerprint density at radius 2 is 1.26 bits per heavy atom. The Morgan fingerprint density at radius 3 is 1.82 bits per heavy atom. The molecule has 0 N–H and O–H groups in total. The van der Waals surface area contributed by atoms with Gasteiger partial charge in [0.25, 0.3) is 0 Å². The molecule has 0 fully saturated rings. The number of hydrogen-bond acceptors (Lipinski definition) is 5. The largest absolute Gasteiger partial charge is 0.462 e. The number of halogens is 1. The molecule has 0 spiro atoms. The Labute approximate surface area is 197 Å². The minimum Gasteiger partial charge on any atom is -0.462 e. The molecule has 0 aliphatic heterocycles. The molecule has 0 heterocycles. The molecule has 34 heavy (non-hydrogen) atoms. The van der Waals surface area contributed by atoms with Gasteiger partial charge in [-0.1, -0.05) is 49.6 Å². The van der Waals surface area contributed by atoms with E-state index in [1.165, 1.54) is 13.0 Å². The van der Waals surface area contributed by atoms with Gasteiger partial charge in [-0.15, -0.1) is 0 Å². The zero-order valence-electron chi connectivity index (χ0n) is 18.8. The highest BCUT2D eigenvalue weighted by molar-refractivity contribution is 5.89. The van der Waals surface area contributed by atoms with Crippen molar-refractivity contribution < 1.29 is 28.2 Å². The Kier molecular flexibility index (Phi) is 7.77. The van der Waals surface area contributed by atoms with Crippen molar-refractivity contribution in [3.63, 3.8) is 0 Å². The summed E-state index contributed by atoms with van der Waals surface area (Å²) in [5.74, 6) is -0.819. The summed E-state index contributed by atoms with van der Waals surface area (Å²) in [5.41, 5.74) is 3.55. The minimum absolute atomic E-state index is 0.257. The first-order valence-corrected chi connectivity index (χ1v) is 10.3. The van der Waals surface area contributed by atoms with Crippen molar-refractivity contribution in [1.29, 1.82) is 0 Å². The quantitative estimate of drug-likeness (QED) is 0.164. The highest BCUT2D eigenvalue weighted by Gasteiger charge is 2.09. The zero-order valence-corrected chi connectivity index (χ0v) is 18.8. The van der Waals surface area contributed by atoms with Crippen molar-refractivity contribution in [2.75, 3.05) is 0 Å². The second-order valence-electron chi connectivity index (χ2n) is 7.49. The average molecular weight is 458 g/mol. The lowest BCUT2D eigenvalue weighted by Crippen LogP contribution is -2.07. The van der Waals surface area contributed by atoms with E-state index >= 15 is 0 Å². The second kappa shape index (κ2) is 10.9. The summed E-state index contributed by atoms with van der Waals surface area (Å²) in [6.45, 7) is 10.1. The van der Waals surface area contributed by atoms with Gasteiger partial charge in [-0.05, 0) is 54.8 Å². The molecule has 0 saturated heterocycles. The third-order valence-corrected chi connectivity index (χ3v) is 4.67. The molecule has 0 bridgehead atoms. The lowest BCUT2D eigenvalue weighted by Gasteiger charge is -2.09. The van der Waals surface area contributed by atoms with E-state index in [1.54, 1.807) is 31.2 Å². The molecule has 0 radical (unpaired) electrons. The maximum absolute atomic E-state index is 14.7. The molecule has 0 aliphatic rings. The molecule has 6 heteroatoms. The van der Waals surface area contributed by atoms with Crippen LogP contribution < -0.4 is 9.47 Å². The zero-order chi connectivity index (χ0) is 24.7. The van der Waals surface area contributed by atoms with Gasteiger partial charge < -0.3 is 14.2 Å². The van der Waals surface area contributed by atoms with Crippen LogP contribution in [0.15, 0.2) is 104 Å². The van der Waals surface area contributed by atoms with Gasteiger partial charge >= 0.3 is 11.9 Å². The van der Waals surface area contributed by atoms with Crippen LogP contribution in [-0.4, -0.2) is 11.9 Å². The van der Waals surface area contributed by atoms with Gasteiger partial charge in [-0.2, -0.15) is 0 Å². The Hall–Kier alpha value is -4.45. The maximum Gasteiger partial charge on any atom is 0.338 e. The minimum atomic E-state index is -0.577. The van der Waals surface area contributed by atoms with Crippen molar-refractivity contribution in [3.8, 4) is 33.8 Å². The van der Waals surface area contributed by atoms with Gasteiger partial charge in [0.1, 0.15) is 29.8 Å². The summed E-state index contributed by atoms with van der Waals surface area (Å²) in [4.78, 5) is 22.9. The fourth-order valence-electron chi connectivity index (χ4n) is 2.85. The molecule has 0 aliphatic carbocycles. The monoisotopic (exact) mass is 458 g/mol. The van der Waals surface area contributed by atoms with Crippen molar-refractivity contribution in [1.82, 2.24) is 0 Å².